The highest BCUT2D eigenvalue weighted by atomic mass is 16.5. The molecule has 0 aliphatic carbocycles. The summed E-state index contributed by atoms with van der Waals surface area (Å²) in [6, 6.07) is 3.84. The van der Waals surface area contributed by atoms with Crippen LogP contribution >= 0.6 is 0 Å². The predicted molar refractivity (Wildman–Crippen MR) is 56.1 cm³/mol. The number of hydrogen-bond acceptors (Lipinski definition) is 3. The van der Waals surface area contributed by atoms with E-state index in [9.17, 15) is 0 Å². The second kappa shape index (κ2) is 5.83. The van der Waals surface area contributed by atoms with E-state index in [4.69, 9.17) is 14.9 Å². The van der Waals surface area contributed by atoms with Gasteiger partial charge in [0.15, 0.2) is 0 Å². The summed E-state index contributed by atoms with van der Waals surface area (Å²) in [4.78, 5) is 0. The van der Waals surface area contributed by atoms with Gasteiger partial charge in [-0.05, 0) is 25.5 Å². The number of ether oxygens (including phenoxy) is 1. The molecule has 14 heavy (non-hydrogen) atoms. The Hall–Kier alpha value is -0.800. The molecule has 3 nitrogen and oxygen atoms in total. The van der Waals surface area contributed by atoms with Crippen LogP contribution < -0.4 is 5.73 Å². The molecule has 0 aliphatic heterocycles. The van der Waals surface area contributed by atoms with Crippen molar-refractivity contribution in [1.82, 2.24) is 0 Å². The lowest BCUT2D eigenvalue weighted by atomic mass is 10.0. The van der Waals surface area contributed by atoms with Crippen LogP contribution in [0.25, 0.3) is 0 Å². The minimum absolute atomic E-state index is 0.0195. The Balaban J connectivity index is 2.43. The maximum atomic E-state index is 6.02. The lowest BCUT2D eigenvalue weighted by Gasteiger charge is -2.21. The summed E-state index contributed by atoms with van der Waals surface area (Å²) in [5.74, 6) is 0.927. The molecule has 0 aromatic carbocycles. The van der Waals surface area contributed by atoms with Crippen LogP contribution in [0.4, 0.5) is 0 Å². The molecule has 0 radical (unpaired) electrons. The van der Waals surface area contributed by atoms with Crippen LogP contribution in [0.3, 0.4) is 0 Å². The standard InChI is InChI=1S/C11H19NO2/c1-3-11(13-4-2)10(12)8-9-6-5-7-14-9/h5-7,10-11H,3-4,8,12H2,1-2H3. The average molecular weight is 197 g/mol. The zero-order valence-electron chi connectivity index (χ0n) is 8.90. The fraction of sp³-hybridized carbons (Fsp3) is 0.636. The van der Waals surface area contributed by atoms with Crippen LogP contribution in [-0.2, 0) is 11.2 Å². The molecule has 2 unspecified atom stereocenters. The minimum atomic E-state index is 0.0195. The number of hydrogen-bond donors (Lipinski definition) is 1. The van der Waals surface area contributed by atoms with Crippen molar-refractivity contribution in [2.45, 2.75) is 38.8 Å². The molecule has 80 valence electrons. The smallest absolute Gasteiger partial charge is 0.105 e. The molecule has 1 aromatic rings. The molecular weight excluding hydrogens is 178 g/mol. The number of rotatable bonds is 6. The molecule has 0 spiro atoms. The van der Waals surface area contributed by atoms with Crippen molar-refractivity contribution in [3.63, 3.8) is 0 Å². The Morgan fingerprint density at radius 2 is 2.29 bits per heavy atom. The van der Waals surface area contributed by atoms with Crippen molar-refractivity contribution in [2.75, 3.05) is 6.61 Å². The highest BCUT2D eigenvalue weighted by molar-refractivity contribution is 5.01. The molecule has 0 amide bonds. The largest absolute Gasteiger partial charge is 0.469 e. The van der Waals surface area contributed by atoms with E-state index in [0.29, 0.717) is 6.61 Å². The molecule has 0 saturated carbocycles. The van der Waals surface area contributed by atoms with Gasteiger partial charge in [0, 0.05) is 19.1 Å². The maximum Gasteiger partial charge on any atom is 0.105 e. The van der Waals surface area contributed by atoms with E-state index in [1.165, 1.54) is 0 Å². The molecule has 0 fully saturated rings. The zero-order valence-corrected chi connectivity index (χ0v) is 8.90. The number of nitrogens with two attached hydrogens (primary N) is 1. The molecule has 2 N–H and O–H groups in total. The molecular formula is C11H19NO2. The first-order valence-electron chi connectivity index (χ1n) is 5.17. The quantitative estimate of drug-likeness (QED) is 0.758. The van der Waals surface area contributed by atoms with Crippen LogP contribution in [0.15, 0.2) is 22.8 Å². The van der Waals surface area contributed by atoms with Crippen LogP contribution in [0.2, 0.25) is 0 Å². The Morgan fingerprint density at radius 1 is 1.50 bits per heavy atom. The third-order valence-corrected chi connectivity index (χ3v) is 2.28. The number of furan rings is 1. The van der Waals surface area contributed by atoms with E-state index in [1.54, 1.807) is 6.26 Å². The average Bonchev–Trinajstić information content (AvgIpc) is 2.66. The van der Waals surface area contributed by atoms with E-state index in [2.05, 4.69) is 6.92 Å². The first-order valence-corrected chi connectivity index (χ1v) is 5.17. The normalized spacial score (nSPS) is 15.4. The van der Waals surface area contributed by atoms with Crippen LogP contribution in [0.5, 0.6) is 0 Å². The Labute approximate surface area is 85.2 Å². The van der Waals surface area contributed by atoms with Gasteiger partial charge in [-0.1, -0.05) is 6.92 Å². The third kappa shape index (κ3) is 3.16. The van der Waals surface area contributed by atoms with Gasteiger partial charge in [0.1, 0.15) is 5.76 Å². The highest BCUT2D eigenvalue weighted by Crippen LogP contribution is 2.09. The molecule has 1 aromatic heterocycles. The molecule has 0 aliphatic rings. The Kier molecular flexibility index (Phi) is 4.70. The van der Waals surface area contributed by atoms with Gasteiger partial charge in [0.2, 0.25) is 0 Å². The summed E-state index contributed by atoms with van der Waals surface area (Å²) in [5, 5.41) is 0. The van der Waals surface area contributed by atoms with Crippen molar-refractivity contribution < 1.29 is 9.15 Å². The van der Waals surface area contributed by atoms with E-state index < -0.39 is 0 Å². The Bertz CT molecular complexity index is 233. The molecule has 1 rings (SSSR count). The van der Waals surface area contributed by atoms with Gasteiger partial charge in [-0.25, -0.2) is 0 Å². The Morgan fingerprint density at radius 3 is 2.79 bits per heavy atom. The topological polar surface area (TPSA) is 48.4 Å². The van der Waals surface area contributed by atoms with Crippen molar-refractivity contribution >= 4 is 0 Å². The lowest BCUT2D eigenvalue weighted by molar-refractivity contribution is 0.0406. The second-order valence-electron chi connectivity index (χ2n) is 3.35. The van der Waals surface area contributed by atoms with Gasteiger partial charge in [-0.3, -0.25) is 0 Å². The third-order valence-electron chi connectivity index (χ3n) is 2.28. The monoisotopic (exact) mass is 197 g/mol. The summed E-state index contributed by atoms with van der Waals surface area (Å²) in [6.07, 6.45) is 3.48. The lowest BCUT2D eigenvalue weighted by Crippen LogP contribution is -2.38. The first-order chi connectivity index (χ1) is 6.77. The molecule has 2 atom stereocenters. The summed E-state index contributed by atoms with van der Waals surface area (Å²) >= 11 is 0. The molecule has 3 heteroatoms. The molecule has 0 bridgehead atoms. The van der Waals surface area contributed by atoms with Crippen LogP contribution in [-0.4, -0.2) is 18.8 Å². The fourth-order valence-electron chi connectivity index (χ4n) is 1.55. The summed E-state index contributed by atoms with van der Waals surface area (Å²) in [6.45, 7) is 4.79. The minimum Gasteiger partial charge on any atom is -0.469 e. The molecule has 1 heterocycles. The van der Waals surface area contributed by atoms with E-state index in [-0.39, 0.29) is 12.1 Å². The maximum absolute atomic E-state index is 6.02. The van der Waals surface area contributed by atoms with Gasteiger partial charge in [0.25, 0.3) is 0 Å². The summed E-state index contributed by atoms with van der Waals surface area (Å²) in [7, 11) is 0. The SMILES string of the molecule is CCOC(CC)C(N)Cc1ccco1. The second-order valence-corrected chi connectivity index (χ2v) is 3.35. The van der Waals surface area contributed by atoms with Gasteiger partial charge in [0.05, 0.1) is 12.4 Å². The highest BCUT2D eigenvalue weighted by Gasteiger charge is 2.17. The van der Waals surface area contributed by atoms with Crippen molar-refractivity contribution in [1.29, 1.82) is 0 Å². The van der Waals surface area contributed by atoms with Crippen molar-refractivity contribution in [2.24, 2.45) is 5.73 Å². The van der Waals surface area contributed by atoms with E-state index in [1.807, 2.05) is 19.1 Å². The van der Waals surface area contributed by atoms with Crippen LogP contribution in [0, 0.1) is 0 Å². The summed E-state index contributed by atoms with van der Waals surface area (Å²) in [5.41, 5.74) is 6.02. The first kappa shape index (κ1) is 11.3. The molecule has 0 saturated heterocycles. The van der Waals surface area contributed by atoms with Crippen molar-refractivity contribution in [3.05, 3.63) is 24.2 Å². The summed E-state index contributed by atoms with van der Waals surface area (Å²) < 4.78 is 10.8. The van der Waals surface area contributed by atoms with Crippen LogP contribution in [0.1, 0.15) is 26.0 Å². The van der Waals surface area contributed by atoms with Gasteiger partial charge < -0.3 is 14.9 Å². The van der Waals surface area contributed by atoms with E-state index in [0.717, 1.165) is 18.6 Å². The van der Waals surface area contributed by atoms with Gasteiger partial charge >= 0.3 is 0 Å². The fourth-order valence-corrected chi connectivity index (χ4v) is 1.55. The predicted octanol–water partition coefficient (Wildman–Crippen LogP) is 1.96. The zero-order chi connectivity index (χ0) is 10.4. The van der Waals surface area contributed by atoms with Gasteiger partial charge in [-0.15, -0.1) is 0 Å². The van der Waals surface area contributed by atoms with Crippen molar-refractivity contribution in [3.8, 4) is 0 Å². The van der Waals surface area contributed by atoms with E-state index >= 15 is 0 Å². The van der Waals surface area contributed by atoms with Gasteiger partial charge in [-0.2, -0.15) is 0 Å².